The third-order valence-electron chi connectivity index (χ3n) is 4.68. The number of ether oxygens (including phenoxy) is 2. The Labute approximate surface area is 172 Å². The molecule has 3 amide bonds. The Balaban J connectivity index is 1.87. The highest BCUT2D eigenvalue weighted by Crippen LogP contribution is 2.27. The molecule has 3 N–H and O–H groups in total. The van der Waals surface area contributed by atoms with Crippen molar-refractivity contribution in [3.63, 3.8) is 0 Å². The standard InChI is InChI=1S/C22H29N3O4/c1-5-29-19-12-11-18(13-20(19)28-4)15-25(3)16(2)21(26)24-22(27)23-14-17-9-7-6-8-10-17/h6-13,16H,5,14-15H2,1-4H3,(H2,23,24,26,27)/p+1/t16-/m0/s1. The van der Waals surface area contributed by atoms with Gasteiger partial charge in [-0.25, -0.2) is 4.79 Å². The third-order valence-corrected chi connectivity index (χ3v) is 4.68. The number of benzene rings is 2. The minimum Gasteiger partial charge on any atom is -0.493 e. The van der Waals surface area contributed by atoms with Crippen LogP contribution in [0.4, 0.5) is 4.79 Å². The molecule has 0 fully saturated rings. The fourth-order valence-corrected chi connectivity index (χ4v) is 2.84. The van der Waals surface area contributed by atoms with Crippen LogP contribution in [0.25, 0.3) is 0 Å². The first-order chi connectivity index (χ1) is 13.9. The average molecular weight is 400 g/mol. The van der Waals surface area contributed by atoms with E-state index in [1.165, 1.54) is 0 Å². The van der Waals surface area contributed by atoms with Crippen LogP contribution >= 0.6 is 0 Å². The Morgan fingerprint density at radius 3 is 2.45 bits per heavy atom. The number of urea groups is 1. The maximum atomic E-state index is 12.4. The van der Waals surface area contributed by atoms with E-state index in [-0.39, 0.29) is 5.91 Å². The molecule has 0 saturated carbocycles. The first-order valence-electron chi connectivity index (χ1n) is 9.69. The average Bonchev–Trinajstić information content (AvgIpc) is 2.73. The van der Waals surface area contributed by atoms with Crippen LogP contribution in [0.2, 0.25) is 0 Å². The Hall–Kier alpha value is -3.06. The summed E-state index contributed by atoms with van der Waals surface area (Å²) >= 11 is 0. The fourth-order valence-electron chi connectivity index (χ4n) is 2.84. The number of imide groups is 1. The monoisotopic (exact) mass is 400 g/mol. The van der Waals surface area contributed by atoms with Crippen molar-refractivity contribution in [3.05, 3.63) is 59.7 Å². The van der Waals surface area contributed by atoms with E-state index in [1.54, 1.807) is 14.0 Å². The molecule has 0 radical (unpaired) electrons. The van der Waals surface area contributed by atoms with E-state index in [2.05, 4.69) is 10.6 Å². The summed E-state index contributed by atoms with van der Waals surface area (Å²) in [6, 6.07) is 14.4. The second kappa shape index (κ2) is 11.1. The van der Waals surface area contributed by atoms with Gasteiger partial charge in [-0.2, -0.15) is 0 Å². The molecule has 0 saturated heterocycles. The van der Waals surface area contributed by atoms with Gasteiger partial charge < -0.3 is 19.7 Å². The molecule has 2 atom stereocenters. The van der Waals surface area contributed by atoms with Crippen LogP contribution in [-0.4, -0.2) is 38.7 Å². The van der Waals surface area contributed by atoms with Crippen molar-refractivity contribution in [2.24, 2.45) is 0 Å². The van der Waals surface area contributed by atoms with E-state index in [4.69, 9.17) is 9.47 Å². The minimum atomic E-state index is -0.499. The number of likely N-dealkylation sites (N-methyl/N-ethyl adjacent to an activating group) is 1. The SMILES string of the molecule is CCOc1ccc(C[NH+](C)[C@@H](C)C(=O)NC(=O)NCc2ccccc2)cc1OC. The normalized spacial score (nSPS) is 12.6. The van der Waals surface area contributed by atoms with Gasteiger partial charge in [-0.1, -0.05) is 30.3 Å². The number of nitrogens with one attached hydrogen (secondary N) is 3. The summed E-state index contributed by atoms with van der Waals surface area (Å²) in [5.74, 6) is 1.03. The maximum absolute atomic E-state index is 12.4. The van der Waals surface area contributed by atoms with Gasteiger partial charge >= 0.3 is 6.03 Å². The number of hydrogen-bond acceptors (Lipinski definition) is 4. The van der Waals surface area contributed by atoms with Crippen molar-refractivity contribution >= 4 is 11.9 Å². The molecule has 0 spiro atoms. The second-order valence-electron chi connectivity index (χ2n) is 6.82. The van der Waals surface area contributed by atoms with Gasteiger partial charge in [0, 0.05) is 12.1 Å². The minimum absolute atomic E-state index is 0.328. The van der Waals surface area contributed by atoms with E-state index < -0.39 is 12.1 Å². The fraction of sp³-hybridized carbons (Fsp3) is 0.364. The first-order valence-corrected chi connectivity index (χ1v) is 9.69. The van der Waals surface area contributed by atoms with Gasteiger partial charge in [0.25, 0.3) is 5.91 Å². The topological polar surface area (TPSA) is 81.1 Å². The largest absolute Gasteiger partial charge is 0.493 e. The zero-order valence-electron chi connectivity index (χ0n) is 17.5. The van der Waals surface area contributed by atoms with Crippen molar-refractivity contribution in [3.8, 4) is 11.5 Å². The number of hydrogen-bond donors (Lipinski definition) is 3. The van der Waals surface area contributed by atoms with E-state index in [1.807, 2.05) is 62.5 Å². The summed E-state index contributed by atoms with van der Waals surface area (Å²) in [4.78, 5) is 25.4. The summed E-state index contributed by atoms with van der Waals surface area (Å²) in [5, 5.41) is 5.11. The highest BCUT2D eigenvalue weighted by Gasteiger charge is 2.24. The van der Waals surface area contributed by atoms with Crippen LogP contribution in [0.3, 0.4) is 0 Å². The molecule has 7 nitrogen and oxygen atoms in total. The molecule has 0 bridgehead atoms. The molecule has 0 aliphatic rings. The Bertz CT molecular complexity index is 811. The molecule has 0 aromatic heterocycles. The zero-order chi connectivity index (χ0) is 21.2. The summed E-state index contributed by atoms with van der Waals surface area (Å²) in [6.07, 6.45) is 0. The highest BCUT2D eigenvalue weighted by atomic mass is 16.5. The predicted octanol–water partition coefficient (Wildman–Crippen LogP) is 1.52. The molecular formula is C22H30N3O4+. The van der Waals surface area contributed by atoms with Gasteiger partial charge in [-0.3, -0.25) is 10.1 Å². The molecule has 156 valence electrons. The zero-order valence-corrected chi connectivity index (χ0v) is 17.5. The Morgan fingerprint density at radius 2 is 1.79 bits per heavy atom. The van der Waals surface area contributed by atoms with E-state index in [9.17, 15) is 9.59 Å². The number of rotatable bonds is 9. The smallest absolute Gasteiger partial charge is 0.321 e. The summed E-state index contributed by atoms with van der Waals surface area (Å²) < 4.78 is 10.9. The van der Waals surface area contributed by atoms with Gasteiger partial charge in [0.05, 0.1) is 20.8 Å². The summed E-state index contributed by atoms with van der Waals surface area (Å²) in [7, 11) is 3.51. The van der Waals surface area contributed by atoms with Crippen LogP contribution < -0.4 is 25.0 Å². The van der Waals surface area contributed by atoms with E-state index in [0.717, 1.165) is 16.0 Å². The Kier molecular flexibility index (Phi) is 8.48. The lowest BCUT2D eigenvalue weighted by Gasteiger charge is -2.21. The van der Waals surface area contributed by atoms with E-state index in [0.29, 0.717) is 31.2 Å². The van der Waals surface area contributed by atoms with Crippen molar-refractivity contribution in [2.45, 2.75) is 33.0 Å². The molecule has 2 aromatic rings. The quantitative estimate of drug-likeness (QED) is 0.596. The third kappa shape index (κ3) is 6.80. The van der Waals surface area contributed by atoms with Crippen molar-refractivity contribution < 1.29 is 24.0 Å². The van der Waals surface area contributed by atoms with Gasteiger partial charge in [0.15, 0.2) is 17.5 Å². The molecule has 0 aliphatic carbocycles. The van der Waals surface area contributed by atoms with Crippen LogP contribution in [0.1, 0.15) is 25.0 Å². The molecule has 0 aliphatic heterocycles. The van der Waals surface area contributed by atoms with Crippen LogP contribution in [0, 0.1) is 0 Å². The molecular weight excluding hydrogens is 370 g/mol. The molecule has 0 heterocycles. The molecule has 2 aromatic carbocycles. The van der Waals surface area contributed by atoms with Gasteiger partial charge in [0.1, 0.15) is 6.54 Å². The number of methoxy groups -OCH3 is 1. The van der Waals surface area contributed by atoms with Gasteiger partial charge in [-0.05, 0) is 37.6 Å². The van der Waals surface area contributed by atoms with Crippen LogP contribution in [-0.2, 0) is 17.9 Å². The van der Waals surface area contributed by atoms with Gasteiger partial charge in [-0.15, -0.1) is 0 Å². The molecule has 1 unspecified atom stereocenters. The van der Waals surface area contributed by atoms with Crippen molar-refractivity contribution in [2.75, 3.05) is 20.8 Å². The van der Waals surface area contributed by atoms with Crippen molar-refractivity contribution in [1.29, 1.82) is 0 Å². The second-order valence-corrected chi connectivity index (χ2v) is 6.82. The molecule has 7 heteroatoms. The summed E-state index contributed by atoms with van der Waals surface area (Å²) in [6.45, 7) is 5.24. The van der Waals surface area contributed by atoms with Crippen molar-refractivity contribution in [1.82, 2.24) is 10.6 Å². The van der Waals surface area contributed by atoms with Gasteiger partial charge in [0.2, 0.25) is 0 Å². The number of quaternary nitrogens is 1. The molecule has 29 heavy (non-hydrogen) atoms. The number of carbonyl (C=O) groups is 2. The van der Waals surface area contributed by atoms with E-state index >= 15 is 0 Å². The lowest BCUT2D eigenvalue weighted by atomic mass is 10.1. The number of amides is 3. The predicted molar refractivity (Wildman–Crippen MR) is 111 cm³/mol. The molecule has 2 rings (SSSR count). The lowest BCUT2D eigenvalue weighted by Crippen LogP contribution is -3.12. The highest BCUT2D eigenvalue weighted by molar-refractivity contribution is 5.96. The maximum Gasteiger partial charge on any atom is 0.321 e. The van der Waals surface area contributed by atoms with Crippen LogP contribution in [0.15, 0.2) is 48.5 Å². The first kappa shape index (κ1) is 22.2. The Morgan fingerprint density at radius 1 is 1.07 bits per heavy atom. The lowest BCUT2D eigenvalue weighted by molar-refractivity contribution is -0.908. The summed E-state index contributed by atoms with van der Waals surface area (Å²) in [5.41, 5.74) is 1.98. The van der Waals surface area contributed by atoms with Crippen LogP contribution in [0.5, 0.6) is 11.5 Å². The number of carbonyl (C=O) groups excluding carboxylic acids is 2.